The van der Waals surface area contributed by atoms with Gasteiger partial charge in [0.05, 0.1) is 17.8 Å². The van der Waals surface area contributed by atoms with Crippen molar-refractivity contribution in [1.29, 1.82) is 0 Å². The first-order chi connectivity index (χ1) is 19.1. The van der Waals surface area contributed by atoms with Gasteiger partial charge < -0.3 is 14.2 Å². The molecule has 1 amide bonds. The highest BCUT2D eigenvalue weighted by Crippen LogP contribution is 2.35. The first-order valence-corrected chi connectivity index (χ1v) is 13.4. The Labute approximate surface area is 230 Å². The molecule has 2 aromatic heterocycles. The van der Waals surface area contributed by atoms with E-state index in [9.17, 15) is 18.0 Å². The lowest BCUT2D eigenvalue weighted by atomic mass is 9.89. The summed E-state index contributed by atoms with van der Waals surface area (Å²) >= 11 is 0. The third-order valence-corrected chi connectivity index (χ3v) is 7.37. The molecule has 0 spiro atoms. The number of rotatable bonds is 9. The normalized spacial score (nSPS) is 18.3. The highest BCUT2D eigenvalue weighted by Gasteiger charge is 2.54. The molecule has 0 aliphatic carbocycles. The van der Waals surface area contributed by atoms with Gasteiger partial charge in [0, 0.05) is 37.6 Å². The number of piperidine rings is 1. The van der Waals surface area contributed by atoms with Gasteiger partial charge >= 0.3 is 6.43 Å². The number of anilines is 1. The number of pyridine rings is 1. The number of hydrogen-bond acceptors (Lipinski definition) is 7. The van der Waals surface area contributed by atoms with Crippen molar-refractivity contribution >= 4 is 11.6 Å². The third kappa shape index (κ3) is 6.17. The molecule has 0 bridgehead atoms. The van der Waals surface area contributed by atoms with E-state index in [1.54, 1.807) is 12.1 Å². The molecule has 0 N–H and O–H groups in total. The molecule has 0 radical (unpaired) electrons. The van der Waals surface area contributed by atoms with Crippen molar-refractivity contribution in [3.63, 3.8) is 0 Å². The van der Waals surface area contributed by atoms with Gasteiger partial charge in [-0.15, -0.1) is 10.2 Å². The third-order valence-electron chi connectivity index (χ3n) is 7.37. The van der Waals surface area contributed by atoms with Gasteiger partial charge in [0.2, 0.25) is 11.6 Å². The summed E-state index contributed by atoms with van der Waals surface area (Å²) in [6, 6.07) is 8.74. The van der Waals surface area contributed by atoms with Crippen molar-refractivity contribution in [2.75, 3.05) is 37.6 Å². The summed E-state index contributed by atoms with van der Waals surface area (Å²) in [6.45, 7) is 7.20. The summed E-state index contributed by atoms with van der Waals surface area (Å²) in [6.07, 6.45) is 0.306. The van der Waals surface area contributed by atoms with Crippen molar-refractivity contribution in [3.05, 3.63) is 60.0 Å². The molecule has 5 rings (SSSR count). The summed E-state index contributed by atoms with van der Waals surface area (Å²) < 4.78 is 60.6. The number of benzene rings is 1. The van der Waals surface area contributed by atoms with E-state index < -0.39 is 29.7 Å². The molecule has 12 heteroatoms. The number of amides is 1. The van der Waals surface area contributed by atoms with Crippen LogP contribution in [-0.2, 0) is 11.3 Å². The fraction of sp³-hybridized carbons (Fsp3) is 0.500. The van der Waals surface area contributed by atoms with E-state index in [2.05, 4.69) is 33.9 Å². The van der Waals surface area contributed by atoms with Gasteiger partial charge in [-0.2, -0.15) is 8.78 Å². The van der Waals surface area contributed by atoms with Crippen LogP contribution < -0.4 is 4.90 Å². The molecule has 214 valence electrons. The first kappa shape index (κ1) is 28.2. The average molecular weight is 561 g/mol. The number of likely N-dealkylation sites (tertiary alicyclic amines) is 2. The molecule has 4 heterocycles. The van der Waals surface area contributed by atoms with Crippen molar-refractivity contribution in [3.8, 4) is 11.5 Å². The Hall–Kier alpha value is -3.38. The van der Waals surface area contributed by atoms with Crippen molar-refractivity contribution in [1.82, 2.24) is 25.0 Å². The number of carbonyl (C=O) groups is 1. The molecule has 0 saturated carbocycles. The molecule has 0 unspecified atom stereocenters. The van der Waals surface area contributed by atoms with Crippen LogP contribution in [0.15, 0.2) is 47.0 Å². The van der Waals surface area contributed by atoms with Crippen LogP contribution >= 0.6 is 0 Å². The zero-order chi connectivity index (χ0) is 28.4. The molecule has 40 heavy (non-hydrogen) atoms. The Morgan fingerprint density at radius 3 is 2.50 bits per heavy atom. The van der Waals surface area contributed by atoms with E-state index in [-0.39, 0.29) is 37.3 Å². The number of hydrogen-bond donors (Lipinski definition) is 0. The highest BCUT2D eigenvalue weighted by molar-refractivity contribution is 6.00. The quantitative estimate of drug-likeness (QED) is 0.345. The zero-order valence-electron chi connectivity index (χ0n) is 22.4. The topological polar surface area (TPSA) is 78.6 Å². The largest absolute Gasteiger partial charge is 0.415 e. The number of nitrogens with zero attached hydrogens (tertiary/aromatic N) is 6. The first-order valence-electron chi connectivity index (χ1n) is 13.4. The van der Waals surface area contributed by atoms with E-state index in [0.29, 0.717) is 17.2 Å². The second kappa shape index (κ2) is 11.6. The molecular weight excluding hydrogens is 528 g/mol. The highest BCUT2D eigenvalue weighted by atomic mass is 19.3. The van der Waals surface area contributed by atoms with E-state index in [1.165, 1.54) is 35.4 Å². The Morgan fingerprint density at radius 1 is 1.15 bits per heavy atom. The van der Waals surface area contributed by atoms with Gasteiger partial charge in [0.1, 0.15) is 5.82 Å². The Balaban J connectivity index is 1.28. The summed E-state index contributed by atoms with van der Waals surface area (Å²) in [4.78, 5) is 23.5. The number of alkyl halides is 3. The van der Waals surface area contributed by atoms with Gasteiger partial charge in [0.15, 0.2) is 0 Å². The molecular formula is C28H32F4N6O2. The van der Waals surface area contributed by atoms with Crippen LogP contribution in [0.4, 0.5) is 23.2 Å². The van der Waals surface area contributed by atoms with Crippen LogP contribution in [0.2, 0.25) is 0 Å². The van der Waals surface area contributed by atoms with Gasteiger partial charge in [0.25, 0.3) is 11.8 Å². The van der Waals surface area contributed by atoms with E-state index in [0.717, 1.165) is 32.5 Å². The predicted octanol–water partition coefficient (Wildman–Crippen LogP) is 4.89. The summed E-state index contributed by atoms with van der Waals surface area (Å²) in [5.41, 5.74) is -1.20. The van der Waals surface area contributed by atoms with Crippen LogP contribution in [0.5, 0.6) is 0 Å². The summed E-state index contributed by atoms with van der Waals surface area (Å²) in [5.74, 6) is -1.64. The maximum absolute atomic E-state index is 16.0. The fourth-order valence-corrected chi connectivity index (χ4v) is 5.39. The molecule has 2 aliphatic heterocycles. The lowest BCUT2D eigenvalue weighted by Gasteiger charge is -2.50. The summed E-state index contributed by atoms with van der Waals surface area (Å²) in [5, 5.41) is 6.90. The van der Waals surface area contributed by atoms with Gasteiger partial charge in [-0.25, -0.2) is 8.78 Å². The number of carbonyl (C=O) groups excluding carboxylic acids is 1. The number of aromatic nitrogens is 3. The monoisotopic (exact) mass is 560 g/mol. The summed E-state index contributed by atoms with van der Waals surface area (Å²) in [7, 11) is 0. The van der Waals surface area contributed by atoms with Gasteiger partial charge in [-0.05, 0) is 62.2 Å². The standard InChI is InChI=1S/C28H32F4N6O2/c1-18(2)14-36-10-8-22(9-11-36)37-16-28(32,17-37)27(39)38(23-5-3-4-20(29)12-23)15-21-7-6-19(13-33-21)25-34-35-26(40-25)24(30)31/h3-7,12-13,18,22,24H,8-11,14-17H2,1-2H3. The maximum atomic E-state index is 16.0. The smallest absolute Gasteiger partial charge is 0.314 e. The second-order valence-electron chi connectivity index (χ2n) is 11.0. The van der Waals surface area contributed by atoms with Crippen LogP contribution in [-0.4, -0.2) is 75.3 Å². The maximum Gasteiger partial charge on any atom is 0.314 e. The Morgan fingerprint density at radius 2 is 1.90 bits per heavy atom. The predicted molar refractivity (Wildman–Crippen MR) is 140 cm³/mol. The van der Waals surface area contributed by atoms with Crippen LogP contribution in [0, 0.1) is 11.7 Å². The van der Waals surface area contributed by atoms with Gasteiger partial charge in [-0.1, -0.05) is 19.9 Å². The molecule has 1 aromatic carbocycles. The minimum Gasteiger partial charge on any atom is -0.415 e. The molecule has 3 aromatic rings. The Bertz CT molecular complexity index is 1300. The van der Waals surface area contributed by atoms with Crippen molar-refractivity contribution in [2.45, 2.75) is 51.4 Å². The van der Waals surface area contributed by atoms with Crippen LogP contribution in [0.3, 0.4) is 0 Å². The Kier molecular flexibility index (Phi) is 8.18. The van der Waals surface area contributed by atoms with E-state index in [1.807, 2.05) is 4.90 Å². The molecule has 8 nitrogen and oxygen atoms in total. The minimum absolute atomic E-state index is 0.0114. The second-order valence-corrected chi connectivity index (χ2v) is 11.0. The molecule has 2 fully saturated rings. The van der Waals surface area contributed by atoms with Gasteiger partial charge in [-0.3, -0.25) is 14.7 Å². The van der Waals surface area contributed by atoms with E-state index in [4.69, 9.17) is 4.42 Å². The average Bonchev–Trinajstić information content (AvgIpc) is 3.41. The molecule has 0 atom stereocenters. The van der Waals surface area contributed by atoms with E-state index >= 15 is 4.39 Å². The molecule has 2 saturated heterocycles. The lowest BCUT2D eigenvalue weighted by Crippen LogP contribution is -2.69. The fourth-order valence-electron chi connectivity index (χ4n) is 5.39. The minimum atomic E-state index is -2.90. The molecule has 2 aliphatic rings. The lowest BCUT2D eigenvalue weighted by molar-refractivity contribution is -0.146. The van der Waals surface area contributed by atoms with Crippen LogP contribution in [0.1, 0.15) is 44.7 Å². The zero-order valence-corrected chi connectivity index (χ0v) is 22.4. The van der Waals surface area contributed by atoms with Crippen LogP contribution in [0.25, 0.3) is 11.5 Å². The van der Waals surface area contributed by atoms with Crippen molar-refractivity contribution < 1.29 is 26.8 Å². The number of halogens is 4. The van der Waals surface area contributed by atoms with Crippen molar-refractivity contribution in [2.24, 2.45) is 5.92 Å². The SMILES string of the molecule is CC(C)CN1CCC(N2CC(F)(C(=O)N(Cc3ccc(-c4nnc(C(F)F)o4)cn3)c3cccc(F)c3)C2)CC1.